The number of ketones is 2. The number of halogens is 1. The zero-order chi connectivity index (χ0) is 24.7. The van der Waals surface area contributed by atoms with E-state index in [0.717, 1.165) is 23.8 Å². The van der Waals surface area contributed by atoms with Crippen LogP contribution in [0.4, 0.5) is 0 Å². The molecule has 1 N–H and O–H groups in total. The van der Waals surface area contributed by atoms with Gasteiger partial charge in [0.1, 0.15) is 5.69 Å². The zero-order valence-electron chi connectivity index (χ0n) is 19.0. The Morgan fingerprint density at radius 2 is 1.63 bits per heavy atom. The molecule has 3 aromatic heterocycles. The van der Waals surface area contributed by atoms with Crippen molar-refractivity contribution < 1.29 is 9.59 Å². The average molecular weight is 496 g/mol. The van der Waals surface area contributed by atoms with Gasteiger partial charge >= 0.3 is 5.69 Å². The number of carbonyl (C=O) groups is 2. The van der Waals surface area contributed by atoms with Crippen molar-refractivity contribution in [1.82, 2.24) is 34.1 Å². The molecule has 0 saturated heterocycles. The molecule has 0 spiro atoms. The number of imidazole rings is 1. The first-order valence-electron chi connectivity index (χ1n) is 11.4. The second kappa shape index (κ2) is 9.06. The molecule has 11 nitrogen and oxygen atoms in total. The third kappa shape index (κ3) is 3.81. The quantitative estimate of drug-likeness (QED) is 0.257. The van der Waals surface area contributed by atoms with Crippen molar-refractivity contribution in [2.45, 2.75) is 52.2 Å². The molecule has 0 fully saturated rings. The maximum atomic E-state index is 13.2. The fraction of sp³-hybridized carbons (Fsp3) is 0.348. The van der Waals surface area contributed by atoms with Crippen LogP contribution in [0, 0.1) is 0 Å². The highest BCUT2D eigenvalue weighted by molar-refractivity contribution is 6.29. The average Bonchev–Trinajstić information content (AvgIpc) is 3.46. The van der Waals surface area contributed by atoms with Gasteiger partial charge in [0.05, 0.1) is 0 Å². The van der Waals surface area contributed by atoms with Crippen LogP contribution >= 0.6 is 11.6 Å². The molecule has 0 aliphatic heterocycles. The Labute approximate surface area is 203 Å². The Balaban J connectivity index is 1.42. The summed E-state index contributed by atoms with van der Waals surface area (Å²) in [5.74, 6) is -0.682. The minimum atomic E-state index is -0.517. The highest BCUT2D eigenvalue weighted by atomic mass is 35.5. The number of unbranched alkanes of at least 4 members (excludes halogenated alkanes) is 2. The van der Waals surface area contributed by atoms with Gasteiger partial charge in [-0.2, -0.15) is 4.98 Å². The van der Waals surface area contributed by atoms with E-state index in [9.17, 15) is 19.2 Å². The van der Waals surface area contributed by atoms with Crippen molar-refractivity contribution in [1.29, 1.82) is 0 Å². The summed E-state index contributed by atoms with van der Waals surface area (Å²) in [5, 5.41) is 7.96. The first-order valence-corrected chi connectivity index (χ1v) is 11.8. The number of rotatable bonds is 8. The third-order valence-electron chi connectivity index (χ3n) is 6.15. The largest absolute Gasteiger partial charge is 0.332 e. The first kappa shape index (κ1) is 22.9. The van der Waals surface area contributed by atoms with Gasteiger partial charge in [-0.05, 0) is 24.4 Å². The summed E-state index contributed by atoms with van der Waals surface area (Å²) in [7, 11) is 0. The Hall–Kier alpha value is -3.86. The molecule has 0 bridgehead atoms. The third-order valence-corrected chi connectivity index (χ3v) is 6.33. The molecule has 0 amide bonds. The maximum absolute atomic E-state index is 13.2. The minimum absolute atomic E-state index is 0.0117. The fourth-order valence-electron chi connectivity index (χ4n) is 4.42. The number of hydrogen-bond donors (Lipinski definition) is 1. The van der Waals surface area contributed by atoms with Gasteiger partial charge in [-0.3, -0.25) is 23.5 Å². The molecule has 1 aliphatic rings. The summed E-state index contributed by atoms with van der Waals surface area (Å²) in [6, 6.07) is 6.57. The van der Waals surface area contributed by atoms with Crippen LogP contribution in [0.25, 0.3) is 11.2 Å². The van der Waals surface area contributed by atoms with E-state index in [1.54, 1.807) is 24.3 Å². The lowest BCUT2D eigenvalue weighted by molar-refractivity contribution is 0.0970. The number of H-pyrrole nitrogens is 1. The Kier molecular flexibility index (Phi) is 5.93. The molecule has 1 aromatic carbocycles. The maximum Gasteiger partial charge on any atom is 0.332 e. The summed E-state index contributed by atoms with van der Waals surface area (Å²) >= 11 is 5.99. The van der Waals surface area contributed by atoms with Crippen LogP contribution in [0.1, 0.15) is 64.7 Å². The van der Waals surface area contributed by atoms with Crippen molar-refractivity contribution in [2.75, 3.05) is 0 Å². The van der Waals surface area contributed by atoms with E-state index in [0.29, 0.717) is 24.1 Å². The van der Waals surface area contributed by atoms with Gasteiger partial charge in [0, 0.05) is 30.8 Å². The van der Waals surface area contributed by atoms with Crippen molar-refractivity contribution in [3.05, 3.63) is 72.9 Å². The Morgan fingerprint density at radius 3 is 2.37 bits per heavy atom. The second-order valence-electron chi connectivity index (χ2n) is 8.39. The highest BCUT2D eigenvalue weighted by Gasteiger charge is 2.34. The van der Waals surface area contributed by atoms with Crippen molar-refractivity contribution in [2.24, 2.45) is 0 Å². The molecular weight excluding hydrogens is 474 g/mol. The van der Waals surface area contributed by atoms with Crippen molar-refractivity contribution >= 4 is 34.3 Å². The SMILES string of the molecule is CCCCCn1c(=O)n(CCCn2nnc3c2C(=O)c2ccccc2C3=O)c(=O)c2[nH]c(Cl)nc21. The number of hydrogen-bond acceptors (Lipinski definition) is 7. The number of carbonyl (C=O) groups excluding carboxylic acids is 2. The molecule has 35 heavy (non-hydrogen) atoms. The van der Waals surface area contributed by atoms with E-state index in [1.807, 2.05) is 0 Å². The van der Waals surface area contributed by atoms with Crippen LogP contribution < -0.4 is 11.2 Å². The molecule has 180 valence electrons. The minimum Gasteiger partial charge on any atom is -0.323 e. The number of aryl methyl sites for hydroxylation is 2. The molecule has 4 aromatic rings. The van der Waals surface area contributed by atoms with E-state index in [2.05, 4.69) is 27.2 Å². The standard InChI is InChI=1S/C23H22ClN7O4/c1-2-3-6-10-29-20-16(25-22(24)26-20)21(34)30(23(29)35)11-7-12-31-17-15(27-28-31)18(32)13-8-4-5-9-14(13)19(17)33/h4-5,8-9H,2-3,6-7,10-12H2,1H3,(H,25,26). The van der Waals surface area contributed by atoms with E-state index >= 15 is 0 Å². The van der Waals surface area contributed by atoms with Gasteiger partial charge in [0.15, 0.2) is 16.9 Å². The second-order valence-corrected chi connectivity index (χ2v) is 8.75. The van der Waals surface area contributed by atoms with E-state index in [4.69, 9.17) is 11.6 Å². The monoisotopic (exact) mass is 495 g/mol. The number of fused-ring (bicyclic) bond motifs is 3. The summed E-state index contributed by atoms with van der Waals surface area (Å²) in [6.45, 7) is 2.74. The van der Waals surface area contributed by atoms with E-state index in [1.165, 1.54) is 9.25 Å². The number of aromatic amines is 1. The highest BCUT2D eigenvalue weighted by Crippen LogP contribution is 2.25. The van der Waals surface area contributed by atoms with Crippen LogP contribution in [0.15, 0.2) is 33.9 Å². The summed E-state index contributed by atoms with van der Waals surface area (Å²) in [5.41, 5.74) is 0.165. The lowest BCUT2D eigenvalue weighted by Crippen LogP contribution is -2.40. The fourth-order valence-corrected chi connectivity index (χ4v) is 4.59. The van der Waals surface area contributed by atoms with Gasteiger partial charge in [-0.1, -0.05) is 49.2 Å². The molecule has 0 saturated carbocycles. The molecule has 3 heterocycles. The lowest BCUT2D eigenvalue weighted by atomic mass is 9.90. The van der Waals surface area contributed by atoms with Gasteiger partial charge in [-0.15, -0.1) is 5.10 Å². The number of benzene rings is 1. The van der Waals surface area contributed by atoms with E-state index < -0.39 is 11.2 Å². The Bertz CT molecular complexity index is 1590. The summed E-state index contributed by atoms with van der Waals surface area (Å²) < 4.78 is 3.96. The van der Waals surface area contributed by atoms with Gasteiger partial charge in [0.25, 0.3) is 5.56 Å². The van der Waals surface area contributed by atoms with Crippen LogP contribution in [-0.2, 0) is 19.6 Å². The molecule has 0 radical (unpaired) electrons. The number of nitrogens with zero attached hydrogens (tertiary/aromatic N) is 6. The van der Waals surface area contributed by atoms with Crippen LogP contribution in [0.2, 0.25) is 5.28 Å². The van der Waals surface area contributed by atoms with Crippen LogP contribution in [-0.4, -0.2) is 45.7 Å². The molecule has 5 rings (SSSR count). The van der Waals surface area contributed by atoms with Crippen molar-refractivity contribution in [3.8, 4) is 0 Å². The molecule has 0 unspecified atom stereocenters. The van der Waals surface area contributed by atoms with Gasteiger partial charge < -0.3 is 4.98 Å². The topological polar surface area (TPSA) is 138 Å². The Morgan fingerprint density at radius 1 is 0.914 bits per heavy atom. The van der Waals surface area contributed by atoms with Crippen LogP contribution in [0.3, 0.4) is 0 Å². The lowest BCUT2D eigenvalue weighted by Gasteiger charge is -2.14. The molecular formula is C23H22ClN7O4. The van der Waals surface area contributed by atoms with Gasteiger partial charge in [-0.25, -0.2) is 9.48 Å². The van der Waals surface area contributed by atoms with Gasteiger partial charge in [0.2, 0.25) is 16.9 Å². The predicted molar refractivity (Wildman–Crippen MR) is 127 cm³/mol. The number of aromatic nitrogens is 7. The summed E-state index contributed by atoms with van der Waals surface area (Å²) in [4.78, 5) is 58.8. The van der Waals surface area contributed by atoms with Crippen LogP contribution in [0.5, 0.6) is 0 Å². The van der Waals surface area contributed by atoms with E-state index in [-0.39, 0.29) is 52.5 Å². The first-order chi connectivity index (χ1) is 16.9. The smallest absolute Gasteiger partial charge is 0.323 e. The zero-order valence-corrected chi connectivity index (χ0v) is 19.7. The summed E-state index contributed by atoms with van der Waals surface area (Å²) in [6.07, 6.45) is 2.97. The molecule has 12 heteroatoms. The number of nitrogens with one attached hydrogen (secondary N) is 1. The predicted octanol–water partition coefficient (Wildman–Crippen LogP) is 2.19. The van der Waals surface area contributed by atoms with Crippen molar-refractivity contribution in [3.63, 3.8) is 0 Å². The normalized spacial score (nSPS) is 12.9. The molecule has 1 aliphatic carbocycles. The molecule has 0 atom stereocenters.